The van der Waals surface area contributed by atoms with Crippen molar-refractivity contribution in [2.75, 3.05) is 6.61 Å². The van der Waals surface area contributed by atoms with E-state index < -0.39 is 16.0 Å². The molecule has 34 heavy (non-hydrogen) atoms. The minimum absolute atomic E-state index is 0.0329. The third-order valence-corrected chi connectivity index (χ3v) is 6.97. The lowest BCUT2D eigenvalue weighted by atomic mass is 10.2. The normalized spacial score (nSPS) is 11.4. The monoisotopic (exact) mass is 632 g/mol. The average Bonchev–Trinajstić information content (AvgIpc) is 2.76. The first-order valence-electron chi connectivity index (χ1n) is 9.86. The fourth-order valence-electron chi connectivity index (χ4n) is 2.77. The van der Waals surface area contributed by atoms with Gasteiger partial charge in [-0.15, -0.1) is 0 Å². The Morgan fingerprint density at radius 1 is 1.12 bits per heavy atom. The van der Waals surface area contributed by atoms with Gasteiger partial charge in [0.15, 0.2) is 11.5 Å². The summed E-state index contributed by atoms with van der Waals surface area (Å²) in [6.45, 7) is 3.91. The van der Waals surface area contributed by atoms with E-state index in [0.29, 0.717) is 14.2 Å². The van der Waals surface area contributed by atoms with Crippen LogP contribution in [0.5, 0.6) is 11.5 Å². The number of ether oxygens (including phenoxy) is 1. The highest BCUT2D eigenvalue weighted by molar-refractivity contribution is 14.1. The molecule has 0 unspecified atom stereocenters. The first-order chi connectivity index (χ1) is 16.1. The smallest absolute Gasteiger partial charge is 0.339 e. The maximum Gasteiger partial charge on any atom is 0.339 e. The van der Waals surface area contributed by atoms with Gasteiger partial charge in [0.1, 0.15) is 4.90 Å². The summed E-state index contributed by atoms with van der Waals surface area (Å²) in [4.78, 5) is 12.3. The molecule has 0 spiro atoms. The number of halogens is 3. The summed E-state index contributed by atoms with van der Waals surface area (Å²) in [5, 5.41) is 4.56. The zero-order valence-electron chi connectivity index (χ0n) is 18.0. The number of carbonyl (C=O) groups is 1. The Morgan fingerprint density at radius 2 is 1.82 bits per heavy atom. The molecule has 178 valence electrons. The molecule has 0 aliphatic rings. The van der Waals surface area contributed by atoms with Gasteiger partial charge in [-0.05, 0) is 84.5 Å². The predicted molar refractivity (Wildman–Crippen MR) is 141 cm³/mol. The van der Waals surface area contributed by atoms with E-state index in [1.165, 1.54) is 30.5 Å². The number of rotatable bonds is 8. The number of nitrogens with zero attached hydrogens (tertiary/aromatic N) is 1. The number of nitrogens with one attached hydrogen (secondary N) is 1. The molecule has 3 aromatic carbocycles. The highest BCUT2D eigenvalue weighted by atomic mass is 127. The molecule has 7 nitrogen and oxygen atoms in total. The maximum atomic E-state index is 12.8. The van der Waals surface area contributed by atoms with Crippen molar-refractivity contribution in [3.05, 3.63) is 84.9 Å². The van der Waals surface area contributed by atoms with Gasteiger partial charge < -0.3 is 8.92 Å². The molecule has 0 fully saturated rings. The molecule has 11 heteroatoms. The van der Waals surface area contributed by atoms with Crippen LogP contribution in [0.15, 0.2) is 64.6 Å². The third-order valence-electron chi connectivity index (χ3n) is 4.39. The van der Waals surface area contributed by atoms with Gasteiger partial charge in [0.05, 0.1) is 27.0 Å². The standard InChI is InChI=1S/C23H19Cl2IN2O5S/c1-3-32-21-11-15(13-27-28-23(29)18-9-6-16(24)12-19(18)25)10-20(26)22(21)33-34(30,31)17-7-4-14(2)5-8-17/h4-13H,3H2,1-2H3,(H,28,29)/b27-13-. The lowest BCUT2D eigenvalue weighted by Crippen LogP contribution is -2.18. The van der Waals surface area contributed by atoms with Crippen LogP contribution >= 0.6 is 45.8 Å². The van der Waals surface area contributed by atoms with E-state index in [0.717, 1.165) is 5.56 Å². The van der Waals surface area contributed by atoms with E-state index in [9.17, 15) is 13.2 Å². The Morgan fingerprint density at radius 3 is 2.47 bits per heavy atom. The lowest BCUT2D eigenvalue weighted by molar-refractivity contribution is 0.0955. The highest BCUT2D eigenvalue weighted by Gasteiger charge is 2.22. The zero-order valence-corrected chi connectivity index (χ0v) is 22.5. The van der Waals surface area contributed by atoms with Crippen LogP contribution in [0.2, 0.25) is 10.0 Å². The van der Waals surface area contributed by atoms with Crippen molar-refractivity contribution in [3.8, 4) is 11.5 Å². The van der Waals surface area contributed by atoms with E-state index in [-0.39, 0.29) is 33.6 Å². The Bertz CT molecular complexity index is 1350. The number of benzene rings is 3. The van der Waals surface area contributed by atoms with Crippen molar-refractivity contribution >= 4 is 68.0 Å². The van der Waals surface area contributed by atoms with Gasteiger partial charge >= 0.3 is 10.1 Å². The van der Waals surface area contributed by atoms with E-state index in [2.05, 4.69) is 10.5 Å². The molecule has 0 heterocycles. The van der Waals surface area contributed by atoms with Crippen molar-refractivity contribution in [2.45, 2.75) is 18.7 Å². The lowest BCUT2D eigenvalue weighted by Gasteiger charge is -2.14. The minimum atomic E-state index is -4.07. The summed E-state index contributed by atoms with van der Waals surface area (Å²) < 4.78 is 37.0. The zero-order chi connectivity index (χ0) is 24.9. The summed E-state index contributed by atoms with van der Waals surface area (Å²) in [5.74, 6) is -0.224. The van der Waals surface area contributed by atoms with Crippen LogP contribution in [0.1, 0.15) is 28.4 Å². The molecule has 1 amide bonds. The molecule has 0 aliphatic heterocycles. The van der Waals surface area contributed by atoms with Crippen LogP contribution in [0.3, 0.4) is 0 Å². The summed E-state index contributed by atoms with van der Waals surface area (Å²) in [5.41, 5.74) is 4.09. The number of amides is 1. The summed E-state index contributed by atoms with van der Waals surface area (Å²) in [6, 6.07) is 14.1. The Balaban J connectivity index is 1.82. The second-order valence-corrected chi connectivity index (χ2v) is 10.5. The average molecular weight is 633 g/mol. The summed E-state index contributed by atoms with van der Waals surface area (Å²) in [6.07, 6.45) is 1.39. The second kappa shape index (κ2) is 11.4. The first kappa shape index (κ1) is 26.3. The van der Waals surface area contributed by atoms with Gasteiger partial charge in [-0.1, -0.05) is 40.9 Å². The second-order valence-electron chi connectivity index (χ2n) is 6.94. The van der Waals surface area contributed by atoms with Crippen molar-refractivity contribution in [3.63, 3.8) is 0 Å². The molecule has 0 radical (unpaired) electrons. The van der Waals surface area contributed by atoms with E-state index >= 15 is 0 Å². The molecule has 3 rings (SSSR count). The van der Waals surface area contributed by atoms with Crippen LogP contribution in [0.4, 0.5) is 0 Å². The summed E-state index contributed by atoms with van der Waals surface area (Å²) in [7, 11) is -4.07. The SMILES string of the molecule is CCOc1cc(/C=N\NC(=O)c2ccc(Cl)cc2Cl)cc(I)c1OS(=O)(=O)c1ccc(C)cc1. The quantitative estimate of drug-likeness (QED) is 0.146. The van der Waals surface area contributed by atoms with Crippen LogP contribution in [0, 0.1) is 10.5 Å². The highest BCUT2D eigenvalue weighted by Crippen LogP contribution is 2.36. The molecule has 0 saturated carbocycles. The van der Waals surface area contributed by atoms with Crippen molar-refractivity contribution in [2.24, 2.45) is 5.10 Å². The predicted octanol–water partition coefficient (Wildman–Crippen LogP) is 5.84. The van der Waals surface area contributed by atoms with Gasteiger partial charge in [0.25, 0.3) is 5.91 Å². The molecule has 1 N–H and O–H groups in total. The topological polar surface area (TPSA) is 94.1 Å². The Labute approximate surface area is 221 Å². The fourth-order valence-corrected chi connectivity index (χ4v) is 5.10. The van der Waals surface area contributed by atoms with E-state index in [1.807, 2.05) is 29.5 Å². The Hall–Kier alpha value is -2.34. The summed E-state index contributed by atoms with van der Waals surface area (Å²) >= 11 is 13.8. The molecular weight excluding hydrogens is 614 g/mol. The van der Waals surface area contributed by atoms with Crippen LogP contribution in [-0.2, 0) is 10.1 Å². The van der Waals surface area contributed by atoms with Gasteiger partial charge in [-0.25, -0.2) is 5.43 Å². The number of hydrogen-bond donors (Lipinski definition) is 1. The molecular formula is C23H19Cl2IN2O5S. The van der Waals surface area contributed by atoms with Crippen LogP contribution in [0.25, 0.3) is 0 Å². The number of carbonyl (C=O) groups excluding carboxylic acids is 1. The third kappa shape index (κ3) is 6.62. The van der Waals surface area contributed by atoms with E-state index in [4.69, 9.17) is 32.1 Å². The largest absolute Gasteiger partial charge is 0.490 e. The molecule has 0 bridgehead atoms. The fraction of sp³-hybridized carbons (Fsp3) is 0.130. The molecule has 0 aromatic heterocycles. The van der Waals surface area contributed by atoms with Crippen LogP contribution < -0.4 is 14.3 Å². The van der Waals surface area contributed by atoms with Crippen molar-refractivity contribution in [1.82, 2.24) is 5.43 Å². The molecule has 0 aliphatic carbocycles. The van der Waals surface area contributed by atoms with Crippen molar-refractivity contribution < 1.29 is 22.1 Å². The van der Waals surface area contributed by atoms with Crippen molar-refractivity contribution in [1.29, 1.82) is 0 Å². The van der Waals surface area contributed by atoms with Gasteiger partial charge in [0, 0.05) is 5.02 Å². The van der Waals surface area contributed by atoms with Gasteiger partial charge in [-0.2, -0.15) is 13.5 Å². The van der Waals surface area contributed by atoms with E-state index in [1.54, 1.807) is 37.3 Å². The first-order valence-corrected chi connectivity index (χ1v) is 13.1. The number of hydrogen-bond acceptors (Lipinski definition) is 6. The molecule has 0 saturated heterocycles. The van der Waals surface area contributed by atoms with Gasteiger partial charge in [0.2, 0.25) is 0 Å². The molecule has 0 atom stereocenters. The number of aryl methyl sites for hydroxylation is 1. The molecule has 3 aromatic rings. The Kier molecular flexibility index (Phi) is 8.80. The van der Waals surface area contributed by atoms with Crippen LogP contribution in [-0.4, -0.2) is 27.1 Å². The number of hydrazone groups is 1. The maximum absolute atomic E-state index is 12.8. The minimum Gasteiger partial charge on any atom is -0.490 e. The van der Waals surface area contributed by atoms with Gasteiger partial charge in [-0.3, -0.25) is 4.79 Å².